The summed E-state index contributed by atoms with van der Waals surface area (Å²) >= 11 is 1.25. The minimum Gasteiger partial charge on any atom is -0.478 e. The van der Waals surface area contributed by atoms with Crippen LogP contribution in [-0.4, -0.2) is 22.0 Å². The Balaban J connectivity index is 1.87. The van der Waals surface area contributed by atoms with Crippen LogP contribution >= 0.6 is 11.3 Å². The largest absolute Gasteiger partial charge is 0.478 e. The number of rotatable bonds is 4. The van der Waals surface area contributed by atoms with Gasteiger partial charge in [-0.3, -0.25) is 4.79 Å². The van der Waals surface area contributed by atoms with Gasteiger partial charge in [0.15, 0.2) is 5.13 Å². The number of carboxylic acid groups (broad SMARTS) is 1. The average Bonchev–Trinajstić information content (AvgIpc) is 3.12. The van der Waals surface area contributed by atoms with Gasteiger partial charge < -0.3 is 10.4 Å². The molecule has 2 aliphatic carbocycles. The number of allylic oxidation sites excluding steroid dienone is 1. The van der Waals surface area contributed by atoms with Crippen molar-refractivity contribution in [3.05, 3.63) is 17.2 Å². The molecular weight excluding hydrogens is 300 g/mol. The highest BCUT2D eigenvalue weighted by atomic mass is 32.1. The number of hydrogen-bond acceptors (Lipinski definition) is 4. The molecule has 1 aromatic heterocycles. The molecule has 0 aliphatic heterocycles. The van der Waals surface area contributed by atoms with Gasteiger partial charge in [0.05, 0.1) is 11.3 Å². The molecular formula is C16H20N2O3S. The highest BCUT2D eigenvalue weighted by Gasteiger charge is 2.44. The summed E-state index contributed by atoms with van der Waals surface area (Å²) in [4.78, 5) is 26.9. The second-order valence-electron chi connectivity index (χ2n) is 6.37. The fourth-order valence-electron chi connectivity index (χ4n) is 3.98. The molecule has 4 atom stereocenters. The maximum Gasteiger partial charge on any atom is 0.337 e. The first-order valence-electron chi connectivity index (χ1n) is 7.64. The van der Waals surface area contributed by atoms with E-state index in [4.69, 9.17) is 0 Å². The van der Waals surface area contributed by atoms with Crippen LogP contribution in [0.3, 0.4) is 0 Å². The Morgan fingerprint density at radius 1 is 1.41 bits per heavy atom. The van der Waals surface area contributed by atoms with Gasteiger partial charge in [-0.15, -0.1) is 11.3 Å². The van der Waals surface area contributed by atoms with Crippen molar-refractivity contribution in [1.82, 2.24) is 4.98 Å². The van der Waals surface area contributed by atoms with E-state index in [0.717, 1.165) is 5.92 Å². The van der Waals surface area contributed by atoms with Crippen molar-refractivity contribution in [2.24, 2.45) is 23.7 Å². The van der Waals surface area contributed by atoms with Gasteiger partial charge in [0.25, 0.3) is 0 Å². The van der Waals surface area contributed by atoms with Crippen LogP contribution in [0.1, 0.15) is 38.8 Å². The molecule has 1 aromatic rings. The Morgan fingerprint density at radius 3 is 2.73 bits per heavy atom. The average molecular weight is 320 g/mol. The van der Waals surface area contributed by atoms with Gasteiger partial charge in [-0.05, 0) is 42.9 Å². The van der Waals surface area contributed by atoms with Crippen molar-refractivity contribution < 1.29 is 14.7 Å². The second kappa shape index (κ2) is 5.83. The second-order valence-corrected chi connectivity index (χ2v) is 7.23. The first-order valence-corrected chi connectivity index (χ1v) is 8.52. The number of fused-ring (bicyclic) bond motifs is 2. The number of amides is 1. The van der Waals surface area contributed by atoms with E-state index < -0.39 is 5.97 Å². The summed E-state index contributed by atoms with van der Waals surface area (Å²) in [5.41, 5.74) is 0.702. The molecule has 0 radical (unpaired) electrons. The lowest BCUT2D eigenvalue weighted by atomic mass is 9.79. The van der Waals surface area contributed by atoms with Crippen molar-refractivity contribution in [2.45, 2.75) is 33.1 Å². The molecule has 2 aliphatic rings. The molecule has 1 heterocycles. The third kappa shape index (κ3) is 2.79. The molecule has 0 saturated heterocycles. The number of hydrogen-bond donors (Lipinski definition) is 2. The summed E-state index contributed by atoms with van der Waals surface area (Å²) < 4.78 is 0. The lowest BCUT2D eigenvalue weighted by Crippen LogP contribution is -2.19. The van der Waals surface area contributed by atoms with E-state index in [-0.39, 0.29) is 11.5 Å². The molecule has 0 spiro atoms. The number of anilines is 1. The Morgan fingerprint density at radius 2 is 2.14 bits per heavy atom. The number of carbonyl (C=O) groups is 2. The van der Waals surface area contributed by atoms with Gasteiger partial charge in [-0.25, -0.2) is 9.78 Å². The molecule has 2 bridgehead atoms. The normalized spacial score (nSPS) is 30.5. The van der Waals surface area contributed by atoms with Gasteiger partial charge in [0.2, 0.25) is 5.91 Å². The molecule has 118 valence electrons. The first-order chi connectivity index (χ1) is 10.5. The minimum absolute atomic E-state index is 0.205. The predicted molar refractivity (Wildman–Crippen MR) is 85.5 cm³/mol. The maximum atomic E-state index is 11.6. The van der Waals surface area contributed by atoms with E-state index >= 15 is 0 Å². The van der Waals surface area contributed by atoms with Gasteiger partial charge in [-0.2, -0.15) is 0 Å². The van der Waals surface area contributed by atoms with Crippen molar-refractivity contribution in [1.29, 1.82) is 0 Å². The van der Waals surface area contributed by atoms with Gasteiger partial charge in [-0.1, -0.05) is 13.0 Å². The van der Waals surface area contributed by atoms with Gasteiger partial charge in [0.1, 0.15) is 0 Å². The highest BCUT2D eigenvalue weighted by molar-refractivity contribution is 7.14. The number of aliphatic carboxylic acids is 1. The summed E-state index contributed by atoms with van der Waals surface area (Å²) in [7, 11) is 0. The Hall–Kier alpha value is -1.69. The number of nitrogens with one attached hydrogen (secondary N) is 1. The van der Waals surface area contributed by atoms with E-state index in [1.807, 2.05) is 6.08 Å². The van der Waals surface area contributed by atoms with Crippen molar-refractivity contribution in [2.75, 3.05) is 5.32 Å². The highest BCUT2D eigenvalue weighted by Crippen LogP contribution is 2.53. The fourth-order valence-corrected chi connectivity index (χ4v) is 4.73. The Kier molecular flexibility index (Phi) is 4.04. The van der Waals surface area contributed by atoms with Crippen LogP contribution in [0.5, 0.6) is 0 Å². The standard InChI is InChI=1S/C16H20N2O3S/c1-8-10-3-4-11(5-10)12(8)6-13(15(20)21)14-7-22-16(18-14)17-9(2)19/h6-8,10-12H,3-5H2,1-2H3,(H,20,21)(H,17,18,19)/b13-6+. The number of carboxylic acids is 1. The zero-order chi connectivity index (χ0) is 15.9. The van der Waals surface area contributed by atoms with Crippen LogP contribution in [0.25, 0.3) is 5.57 Å². The molecule has 0 aromatic carbocycles. The van der Waals surface area contributed by atoms with Crippen molar-refractivity contribution in [3.63, 3.8) is 0 Å². The third-order valence-electron chi connectivity index (χ3n) is 5.06. The lowest BCUT2D eigenvalue weighted by molar-refractivity contribution is -0.130. The number of thiazole rings is 1. The summed E-state index contributed by atoms with van der Waals surface area (Å²) in [6.07, 6.45) is 5.62. The van der Waals surface area contributed by atoms with Crippen LogP contribution in [-0.2, 0) is 9.59 Å². The van der Waals surface area contributed by atoms with Gasteiger partial charge >= 0.3 is 5.97 Å². The van der Waals surface area contributed by atoms with E-state index in [1.54, 1.807) is 5.38 Å². The van der Waals surface area contributed by atoms with Crippen LogP contribution in [0, 0.1) is 23.7 Å². The number of aromatic nitrogens is 1. The van der Waals surface area contributed by atoms with Crippen LogP contribution in [0.15, 0.2) is 11.5 Å². The molecule has 6 heteroatoms. The molecule has 3 rings (SSSR count). The molecule has 4 unspecified atom stereocenters. The SMILES string of the molecule is CC(=O)Nc1nc(/C(=C\C2C3CCC(C3)C2C)C(=O)O)cs1. The molecule has 2 N–H and O–H groups in total. The van der Waals surface area contributed by atoms with E-state index in [9.17, 15) is 14.7 Å². The Labute approximate surface area is 133 Å². The topological polar surface area (TPSA) is 79.3 Å². The smallest absolute Gasteiger partial charge is 0.337 e. The van der Waals surface area contributed by atoms with Crippen LogP contribution < -0.4 is 5.32 Å². The fraction of sp³-hybridized carbons (Fsp3) is 0.562. The zero-order valence-corrected chi connectivity index (χ0v) is 13.5. The lowest BCUT2D eigenvalue weighted by Gasteiger charge is -2.26. The van der Waals surface area contributed by atoms with E-state index in [1.165, 1.54) is 37.5 Å². The molecule has 1 amide bonds. The van der Waals surface area contributed by atoms with Crippen molar-refractivity contribution >= 4 is 33.9 Å². The monoisotopic (exact) mass is 320 g/mol. The van der Waals surface area contributed by atoms with Crippen LogP contribution in [0.4, 0.5) is 5.13 Å². The minimum atomic E-state index is -0.949. The maximum absolute atomic E-state index is 11.6. The molecule has 5 nitrogen and oxygen atoms in total. The summed E-state index contributed by atoms with van der Waals surface area (Å²) in [6, 6.07) is 0. The Bertz CT molecular complexity index is 635. The summed E-state index contributed by atoms with van der Waals surface area (Å²) in [5, 5.41) is 14.3. The molecule has 2 saturated carbocycles. The quantitative estimate of drug-likeness (QED) is 0.835. The predicted octanol–water partition coefficient (Wildman–Crippen LogP) is 3.25. The van der Waals surface area contributed by atoms with Crippen LogP contribution in [0.2, 0.25) is 0 Å². The van der Waals surface area contributed by atoms with E-state index in [2.05, 4.69) is 17.2 Å². The zero-order valence-electron chi connectivity index (χ0n) is 12.7. The van der Waals surface area contributed by atoms with E-state index in [0.29, 0.717) is 28.6 Å². The number of carbonyl (C=O) groups excluding carboxylic acids is 1. The van der Waals surface area contributed by atoms with Crippen molar-refractivity contribution in [3.8, 4) is 0 Å². The summed E-state index contributed by atoms with van der Waals surface area (Å²) in [6.45, 7) is 3.64. The first kappa shape index (κ1) is 15.2. The molecule has 22 heavy (non-hydrogen) atoms. The summed E-state index contributed by atoms with van der Waals surface area (Å²) in [5.74, 6) is 1.07. The third-order valence-corrected chi connectivity index (χ3v) is 5.82. The number of nitrogens with zero attached hydrogens (tertiary/aromatic N) is 1. The molecule has 2 fully saturated rings. The van der Waals surface area contributed by atoms with Gasteiger partial charge in [0, 0.05) is 12.3 Å².